The summed E-state index contributed by atoms with van der Waals surface area (Å²) < 4.78 is 27.1. The van der Waals surface area contributed by atoms with Crippen molar-refractivity contribution < 1.29 is 13.6 Å². The Labute approximate surface area is 130 Å². The van der Waals surface area contributed by atoms with Gasteiger partial charge in [0.2, 0.25) is 5.91 Å². The van der Waals surface area contributed by atoms with E-state index in [1.807, 2.05) is 17.0 Å². The molecule has 0 bridgehead atoms. The monoisotopic (exact) mass is 359 g/mol. The summed E-state index contributed by atoms with van der Waals surface area (Å²) in [5.41, 5.74) is 0. The molecule has 21 heavy (non-hydrogen) atoms. The Kier molecular flexibility index (Phi) is 3.86. The summed E-state index contributed by atoms with van der Waals surface area (Å²) in [7, 11) is 0. The molecule has 0 saturated carbocycles. The van der Waals surface area contributed by atoms with E-state index in [4.69, 9.17) is 0 Å². The summed E-state index contributed by atoms with van der Waals surface area (Å²) in [5, 5.41) is 0. The number of alkyl halides is 2. The first-order valence-electron chi connectivity index (χ1n) is 6.98. The number of likely N-dealkylation sites (tertiary alicyclic amines) is 1. The molecule has 0 unspecified atom stereocenters. The maximum absolute atomic E-state index is 13.1. The predicted molar refractivity (Wildman–Crippen MR) is 78.4 cm³/mol. The van der Waals surface area contributed by atoms with Crippen LogP contribution in [-0.4, -0.2) is 47.9 Å². The SMILES string of the molecule is O=C(C1CN(c2ccc(Br)cn2)C1)N1CCC(F)(F)CC1. The van der Waals surface area contributed by atoms with E-state index in [2.05, 4.69) is 20.9 Å². The molecule has 0 atom stereocenters. The van der Waals surface area contributed by atoms with E-state index in [0.717, 1.165) is 10.3 Å². The highest BCUT2D eigenvalue weighted by molar-refractivity contribution is 9.10. The van der Waals surface area contributed by atoms with Crippen LogP contribution in [0.5, 0.6) is 0 Å². The van der Waals surface area contributed by atoms with Gasteiger partial charge in [-0.05, 0) is 28.1 Å². The first-order chi connectivity index (χ1) is 9.94. The zero-order valence-electron chi connectivity index (χ0n) is 11.4. The van der Waals surface area contributed by atoms with Gasteiger partial charge in [-0.2, -0.15) is 0 Å². The second-order valence-corrected chi connectivity index (χ2v) is 6.53. The Balaban J connectivity index is 1.52. The summed E-state index contributed by atoms with van der Waals surface area (Å²) in [6, 6.07) is 3.80. The highest BCUT2D eigenvalue weighted by Crippen LogP contribution is 2.30. The number of amides is 1. The first-order valence-corrected chi connectivity index (χ1v) is 7.77. The lowest BCUT2D eigenvalue weighted by Gasteiger charge is -2.42. The number of pyridine rings is 1. The van der Waals surface area contributed by atoms with Crippen LogP contribution < -0.4 is 4.90 Å². The van der Waals surface area contributed by atoms with Crippen LogP contribution >= 0.6 is 15.9 Å². The molecule has 0 aliphatic carbocycles. The molecule has 1 aromatic rings. The number of halogens is 3. The minimum atomic E-state index is -2.61. The zero-order chi connectivity index (χ0) is 15.0. The fraction of sp³-hybridized carbons (Fsp3) is 0.571. The molecule has 1 aromatic heterocycles. The Morgan fingerprint density at radius 1 is 1.29 bits per heavy atom. The number of piperidine rings is 1. The minimum Gasteiger partial charge on any atom is -0.355 e. The van der Waals surface area contributed by atoms with Crippen LogP contribution in [0.4, 0.5) is 14.6 Å². The van der Waals surface area contributed by atoms with E-state index in [-0.39, 0.29) is 37.8 Å². The number of aromatic nitrogens is 1. The van der Waals surface area contributed by atoms with Gasteiger partial charge in [0.15, 0.2) is 0 Å². The average Bonchev–Trinajstić information content (AvgIpc) is 2.39. The number of anilines is 1. The van der Waals surface area contributed by atoms with E-state index in [1.54, 1.807) is 11.1 Å². The Morgan fingerprint density at radius 2 is 1.95 bits per heavy atom. The Morgan fingerprint density at radius 3 is 2.52 bits per heavy atom. The van der Waals surface area contributed by atoms with Gasteiger partial charge in [-0.25, -0.2) is 13.8 Å². The van der Waals surface area contributed by atoms with Crippen molar-refractivity contribution in [3.8, 4) is 0 Å². The number of carbonyl (C=O) groups is 1. The predicted octanol–water partition coefficient (Wildman–Crippen LogP) is 2.54. The molecule has 3 heterocycles. The van der Waals surface area contributed by atoms with Gasteiger partial charge < -0.3 is 9.80 Å². The van der Waals surface area contributed by atoms with Gasteiger partial charge in [-0.3, -0.25) is 4.79 Å². The Hall–Kier alpha value is -1.24. The summed E-state index contributed by atoms with van der Waals surface area (Å²) in [4.78, 5) is 20.1. The van der Waals surface area contributed by atoms with Crippen molar-refractivity contribution in [3.05, 3.63) is 22.8 Å². The molecule has 2 fully saturated rings. The molecule has 114 valence electrons. The molecule has 0 radical (unpaired) electrons. The van der Waals surface area contributed by atoms with Gasteiger partial charge in [0, 0.05) is 49.7 Å². The maximum Gasteiger partial charge on any atom is 0.251 e. The minimum absolute atomic E-state index is 0.00105. The van der Waals surface area contributed by atoms with Crippen LogP contribution in [0, 0.1) is 5.92 Å². The average molecular weight is 360 g/mol. The van der Waals surface area contributed by atoms with Crippen LogP contribution in [0.3, 0.4) is 0 Å². The summed E-state index contributed by atoms with van der Waals surface area (Å²) in [5.74, 6) is -1.86. The normalized spacial score (nSPS) is 22.0. The maximum atomic E-state index is 13.1. The van der Waals surface area contributed by atoms with E-state index in [9.17, 15) is 13.6 Å². The molecule has 0 spiro atoms. The smallest absolute Gasteiger partial charge is 0.251 e. The summed E-state index contributed by atoms with van der Waals surface area (Å²) in [6.45, 7) is 1.55. The van der Waals surface area contributed by atoms with E-state index in [1.165, 1.54) is 0 Å². The van der Waals surface area contributed by atoms with E-state index < -0.39 is 5.92 Å². The van der Waals surface area contributed by atoms with Crippen molar-refractivity contribution in [3.63, 3.8) is 0 Å². The third-order valence-electron chi connectivity index (χ3n) is 4.07. The van der Waals surface area contributed by atoms with Crippen LogP contribution in [0.1, 0.15) is 12.8 Å². The molecule has 7 heteroatoms. The lowest BCUT2D eigenvalue weighted by molar-refractivity contribution is -0.142. The van der Waals surface area contributed by atoms with E-state index >= 15 is 0 Å². The summed E-state index contributed by atoms with van der Waals surface area (Å²) in [6.07, 6.45) is 1.28. The third kappa shape index (κ3) is 3.17. The van der Waals surface area contributed by atoms with Gasteiger partial charge in [0.1, 0.15) is 5.82 Å². The molecular weight excluding hydrogens is 344 g/mol. The second-order valence-electron chi connectivity index (χ2n) is 5.62. The van der Waals surface area contributed by atoms with Crippen molar-refractivity contribution in [1.82, 2.24) is 9.88 Å². The molecule has 0 N–H and O–H groups in total. The number of hydrogen-bond donors (Lipinski definition) is 0. The number of rotatable bonds is 2. The van der Waals surface area contributed by atoms with Gasteiger partial charge in [-0.1, -0.05) is 0 Å². The number of carbonyl (C=O) groups excluding carboxylic acids is 1. The lowest BCUT2D eigenvalue weighted by atomic mass is 9.96. The van der Waals surface area contributed by atoms with E-state index in [0.29, 0.717) is 13.1 Å². The van der Waals surface area contributed by atoms with Gasteiger partial charge >= 0.3 is 0 Å². The number of nitrogens with zero attached hydrogens (tertiary/aromatic N) is 3. The second kappa shape index (κ2) is 5.51. The quantitative estimate of drug-likeness (QED) is 0.814. The van der Waals surface area contributed by atoms with Crippen LogP contribution in [0.2, 0.25) is 0 Å². The topological polar surface area (TPSA) is 36.4 Å². The standard InChI is InChI=1S/C14H16BrF2N3O/c15-11-1-2-12(18-7-11)20-8-10(9-20)13(21)19-5-3-14(16,17)4-6-19/h1-2,7,10H,3-6,8-9H2. The first kappa shape index (κ1) is 14.7. The van der Waals surface area contributed by atoms with Crippen LogP contribution in [-0.2, 0) is 4.79 Å². The Bertz CT molecular complexity index is 522. The van der Waals surface area contributed by atoms with Crippen molar-refractivity contribution in [1.29, 1.82) is 0 Å². The highest BCUT2D eigenvalue weighted by atomic mass is 79.9. The van der Waals surface area contributed by atoms with Gasteiger partial charge in [0.25, 0.3) is 5.92 Å². The molecule has 4 nitrogen and oxygen atoms in total. The van der Waals surface area contributed by atoms with Gasteiger partial charge in [0.05, 0.1) is 5.92 Å². The molecule has 2 saturated heterocycles. The zero-order valence-corrected chi connectivity index (χ0v) is 13.0. The molecular formula is C14H16BrF2N3O. The summed E-state index contributed by atoms with van der Waals surface area (Å²) >= 11 is 3.33. The fourth-order valence-corrected chi connectivity index (χ4v) is 2.92. The highest BCUT2D eigenvalue weighted by Gasteiger charge is 2.40. The molecule has 0 aromatic carbocycles. The van der Waals surface area contributed by atoms with Crippen molar-refractivity contribution in [2.45, 2.75) is 18.8 Å². The molecule has 2 aliphatic heterocycles. The van der Waals surface area contributed by atoms with Crippen LogP contribution in [0.15, 0.2) is 22.8 Å². The van der Waals surface area contributed by atoms with Crippen molar-refractivity contribution >= 4 is 27.7 Å². The largest absolute Gasteiger partial charge is 0.355 e. The van der Waals surface area contributed by atoms with Gasteiger partial charge in [-0.15, -0.1) is 0 Å². The van der Waals surface area contributed by atoms with Crippen molar-refractivity contribution in [2.75, 3.05) is 31.1 Å². The molecule has 1 amide bonds. The molecule has 3 rings (SSSR count). The number of hydrogen-bond acceptors (Lipinski definition) is 3. The molecule has 2 aliphatic rings. The fourth-order valence-electron chi connectivity index (χ4n) is 2.69. The lowest BCUT2D eigenvalue weighted by Crippen LogP contribution is -2.56. The van der Waals surface area contributed by atoms with Crippen molar-refractivity contribution in [2.24, 2.45) is 5.92 Å². The third-order valence-corrected chi connectivity index (χ3v) is 4.54. The van der Waals surface area contributed by atoms with Crippen LogP contribution in [0.25, 0.3) is 0 Å².